The van der Waals surface area contributed by atoms with Crippen molar-refractivity contribution >= 4 is 29.1 Å². The number of hydrogen-bond donors (Lipinski definition) is 4. The van der Waals surface area contributed by atoms with Crippen LogP contribution in [0.15, 0.2) is 35.4 Å². The van der Waals surface area contributed by atoms with Crippen LogP contribution in [0.3, 0.4) is 0 Å². The van der Waals surface area contributed by atoms with Gasteiger partial charge < -0.3 is 11.1 Å². The van der Waals surface area contributed by atoms with Crippen LogP contribution in [0.25, 0.3) is 0 Å². The fraction of sp³-hybridized carbons (Fsp3) is 0.0909. The van der Waals surface area contributed by atoms with Crippen LogP contribution in [0.2, 0.25) is 0 Å². The Bertz CT molecular complexity index is 605. The van der Waals surface area contributed by atoms with Crippen molar-refractivity contribution in [3.8, 4) is 0 Å². The van der Waals surface area contributed by atoms with E-state index in [4.69, 9.17) is 11.1 Å². The predicted molar refractivity (Wildman–Crippen MR) is 71.2 cm³/mol. The zero-order valence-electron chi connectivity index (χ0n) is 9.95. The lowest BCUT2D eigenvalue weighted by molar-refractivity contribution is -0.0328. The van der Waals surface area contributed by atoms with Crippen LogP contribution in [0.4, 0.5) is 24.7 Å². The van der Waals surface area contributed by atoms with E-state index in [-0.39, 0.29) is 22.5 Å². The first-order valence-electron chi connectivity index (χ1n) is 5.36. The maximum Gasteiger partial charge on any atom is 0.446 e. The van der Waals surface area contributed by atoms with E-state index in [1.807, 2.05) is 0 Å². The van der Waals surface area contributed by atoms with E-state index in [0.717, 1.165) is 0 Å². The molecule has 0 atom stereocenters. The van der Waals surface area contributed by atoms with Crippen molar-refractivity contribution in [2.45, 2.75) is 10.4 Å². The number of thioether (sulfide) groups is 1. The largest absolute Gasteiger partial charge is 0.446 e. The van der Waals surface area contributed by atoms with Gasteiger partial charge in [0.05, 0.1) is 11.8 Å². The van der Waals surface area contributed by atoms with Gasteiger partial charge in [0.25, 0.3) is 0 Å². The molecule has 0 fully saturated rings. The molecular formula is C11H10F3N5S. The SMILES string of the molecule is N=C(N)c1cn[nH]c1Nc1ccc(SC(F)(F)F)cc1. The monoisotopic (exact) mass is 301 g/mol. The molecule has 5 N–H and O–H groups in total. The number of nitrogen functional groups attached to an aromatic ring is 1. The van der Waals surface area contributed by atoms with E-state index >= 15 is 0 Å². The highest BCUT2D eigenvalue weighted by molar-refractivity contribution is 8.00. The predicted octanol–water partition coefficient (Wildman–Crippen LogP) is 3.05. The molecule has 0 unspecified atom stereocenters. The van der Waals surface area contributed by atoms with Gasteiger partial charge in [0, 0.05) is 10.6 Å². The molecule has 0 bridgehead atoms. The summed E-state index contributed by atoms with van der Waals surface area (Å²) < 4.78 is 36.6. The van der Waals surface area contributed by atoms with Crippen molar-refractivity contribution in [1.29, 1.82) is 5.41 Å². The summed E-state index contributed by atoms with van der Waals surface area (Å²) in [4.78, 5) is 0.0967. The minimum absolute atomic E-state index is 0.0967. The van der Waals surface area contributed by atoms with Gasteiger partial charge in [-0.2, -0.15) is 18.3 Å². The van der Waals surface area contributed by atoms with Gasteiger partial charge >= 0.3 is 5.51 Å². The van der Waals surface area contributed by atoms with Gasteiger partial charge in [0.1, 0.15) is 11.7 Å². The van der Waals surface area contributed by atoms with Crippen LogP contribution in [0, 0.1) is 5.41 Å². The quantitative estimate of drug-likeness (QED) is 0.397. The minimum Gasteiger partial charge on any atom is -0.384 e. The van der Waals surface area contributed by atoms with E-state index in [1.165, 1.54) is 30.5 Å². The van der Waals surface area contributed by atoms with Gasteiger partial charge in [-0.25, -0.2) is 0 Å². The Hall–Kier alpha value is -2.16. The number of anilines is 2. The average molecular weight is 301 g/mol. The number of aromatic nitrogens is 2. The number of benzene rings is 1. The standard InChI is InChI=1S/C11H10F3N5S/c12-11(13,14)20-7-3-1-6(2-4-7)18-10-8(9(15)16)5-17-19-10/h1-5H,(H3,15,16)(H2,17,18,19). The van der Waals surface area contributed by atoms with Crippen molar-refractivity contribution in [3.05, 3.63) is 36.0 Å². The third-order valence-electron chi connectivity index (χ3n) is 2.29. The maximum atomic E-state index is 12.2. The second-order valence-electron chi connectivity index (χ2n) is 3.77. The molecule has 0 radical (unpaired) electrons. The summed E-state index contributed by atoms with van der Waals surface area (Å²) >= 11 is -0.177. The highest BCUT2D eigenvalue weighted by atomic mass is 32.2. The number of nitrogens with zero attached hydrogens (tertiary/aromatic N) is 1. The lowest BCUT2D eigenvalue weighted by Gasteiger charge is -2.08. The van der Waals surface area contributed by atoms with Gasteiger partial charge in [-0.15, -0.1) is 0 Å². The molecule has 0 aliphatic rings. The highest BCUT2D eigenvalue weighted by Crippen LogP contribution is 2.37. The number of nitrogens with one attached hydrogen (secondary N) is 3. The Morgan fingerprint density at radius 1 is 1.30 bits per heavy atom. The summed E-state index contributed by atoms with van der Waals surface area (Å²) in [5.41, 5.74) is 2.00. The number of amidine groups is 1. The average Bonchev–Trinajstić information content (AvgIpc) is 2.78. The number of alkyl halides is 3. The molecule has 106 valence electrons. The van der Waals surface area contributed by atoms with Crippen LogP contribution in [0.1, 0.15) is 5.56 Å². The van der Waals surface area contributed by atoms with Gasteiger partial charge in [-0.05, 0) is 36.0 Å². The fourth-order valence-electron chi connectivity index (χ4n) is 1.47. The highest BCUT2D eigenvalue weighted by Gasteiger charge is 2.28. The molecule has 0 spiro atoms. The van der Waals surface area contributed by atoms with E-state index in [0.29, 0.717) is 17.1 Å². The van der Waals surface area contributed by atoms with Gasteiger partial charge in [0.2, 0.25) is 0 Å². The normalized spacial score (nSPS) is 11.3. The molecule has 9 heteroatoms. The van der Waals surface area contributed by atoms with Gasteiger partial charge in [-0.3, -0.25) is 10.5 Å². The molecule has 2 aromatic rings. The summed E-state index contributed by atoms with van der Waals surface area (Å²) in [5, 5.41) is 16.6. The smallest absolute Gasteiger partial charge is 0.384 e. The fourth-order valence-corrected chi connectivity index (χ4v) is 2.01. The molecule has 0 aliphatic carbocycles. The van der Waals surface area contributed by atoms with Crippen LogP contribution in [-0.2, 0) is 0 Å². The van der Waals surface area contributed by atoms with Gasteiger partial charge in [-0.1, -0.05) is 0 Å². The molecule has 0 amide bonds. The lowest BCUT2D eigenvalue weighted by Crippen LogP contribution is -2.12. The molecule has 1 aromatic heterocycles. The molecule has 1 aromatic carbocycles. The van der Waals surface area contributed by atoms with Crippen molar-refractivity contribution in [3.63, 3.8) is 0 Å². The number of aromatic amines is 1. The van der Waals surface area contributed by atoms with Crippen LogP contribution in [0.5, 0.6) is 0 Å². The van der Waals surface area contributed by atoms with Crippen LogP contribution in [-0.4, -0.2) is 21.5 Å². The van der Waals surface area contributed by atoms with Gasteiger partial charge in [0.15, 0.2) is 0 Å². The number of nitrogens with two attached hydrogens (primary N) is 1. The number of rotatable bonds is 4. The summed E-state index contributed by atoms with van der Waals surface area (Å²) in [6, 6.07) is 5.70. The van der Waals surface area contributed by atoms with Crippen molar-refractivity contribution < 1.29 is 13.2 Å². The summed E-state index contributed by atoms with van der Waals surface area (Å²) in [5.74, 6) is 0.249. The zero-order valence-corrected chi connectivity index (χ0v) is 10.8. The number of hydrogen-bond acceptors (Lipinski definition) is 4. The first-order valence-corrected chi connectivity index (χ1v) is 6.17. The zero-order chi connectivity index (χ0) is 14.8. The molecular weight excluding hydrogens is 291 g/mol. The molecule has 0 aliphatic heterocycles. The van der Waals surface area contributed by atoms with E-state index in [2.05, 4.69) is 15.5 Å². The topological polar surface area (TPSA) is 90.6 Å². The second kappa shape index (κ2) is 5.45. The Kier molecular flexibility index (Phi) is 3.89. The molecule has 2 rings (SSSR count). The molecule has 0 saturated carbocycles. The number of H-pyrrole nitrogens is 1. The molecule has 1 heterocycles. The molecule has 0 saturated heterocycles. The summed E-state index contributed by atoms with van der Waals surface area (Å²) in [6.45, 7) is 0. The first kappa shape index (κ1) is 14.3. The van der Waals surface area contributed by atoms with Crippen molar-refractivity contribution in [2.75, 3.05) is 5.32 Å². The second-order valence-corrected chi connectivity index (χ2v) is 4.91. The Labute approximate surface area is 116 Å². The summed E-state index contributed by atoms with van der Waals surface area (Å²) in [6.07, 6.45) is 1.39. The Morgan fingerprint density at radius 2 is 1.95 bits per heavy atom. The van der Waals surface area contributed by atoms with Crippen molar-refractivity contribution in [1.82, 2.24) is 10.2 Å². The number of halogens is 3. The van der Waals surface area contributed by atoms with Crippen molar-refractivity contribution in [2.24, 2.45) is 5.73 Å². The first-order chi connectivity index (χ1) is 9.35. The molecule has 5 nitrogen and oxygen atoms in total. The van der Waals surface area contributed by atoms with E-state index in [9.17, 15) is 13.2 Å². The summed E-state index contributed by atoms with van der Waals surface area (Å²) in [7, 11) is 0. The van der Waals surface area contributed by atoms with Crippen LogP contribution < -0.4 is 11.1 Å². The molecule has 20 heavy (non-hydrogen) atoms. The van der Waals surface area contributed by atoms with E-state index < -0.39 is 5.51 Å². The third kappa shape index (κ3) is 3.67. The van der Waals surface area contributed by atoms with E-state index in [1.54, 1.807) is 0 Å². The lowest BCUT2D eigenvalue weighted by atomic mass is 10.2. The maximum absolute atomic E-state index is 12.2. The van der Waals surface area contributed by atoms with Crippen LogP contribution >= 0.6 is 11.8 Å². The Balaban J connectivity index is 2.11. The third-order valence-corrected chi connectivity index (χ3v) is 3.03. The minimum atomic E-state index is -4.31. The Morgan fingerprint density at radius 3 is 2.50 bits per heavy atom.